The number of ether oxygens (including phenoxy) is 8. The van der Waals surface area contributed by atoms with Crippen molar-refractivity contribution >= 4 is 16.1 Å². The molecule has 0 amide bonds. The Morgan fingerprint density at radius 1 is 0.774 bits per heavy atom. The highest BCUT2D eigenvalue weighted by molar-refractivity contribution is 7.86. The van der Waals surface area contributed by atoms with Crippen LogP contribution >= 0.6 is 0 Å². The maximum absolute atomic E-state index is 14.1. The Morgan fingerprint density at radius 3 is 2.02 bits per heavy atom. The predicted octanol–water partition coefficient (Wildman–Crippen LogP) is 5.63. The van der Waals surface area contributed by atoms with Crippen LogP contribution in [-0.2, 0) is 65.0 Å². The molecule has 0 aromatic heterocycles. The Balaban J connectivity index is 1.41. The summed E-state index contributed by atoms with van der Waals surface area (Å²) < 4.78 is 125. The van der Waals surface area contributed by atoms with Crippen LogP contribution in [0.5, 0.6) is 0 Å². The van der Waals surface area contributed by atoms with Crippen molar-refractivity contribution in [3.05, 3.63) is 102 Å². The third-order valence-electron chi connectivity index (χ3n) is 9.06. The molecular weight excluding hydrogens is 725 g/mol. The number of carbonyl (C=O) groups is 1. The van der Waals surface area contributed by atoms with Crippen molar-refractivity contribution in [2.45, 2.75) is 113 Å². The molecule has 0 aliphatic carbocycles. The van der Waals surface area contributed by atoms with Gasteiger partial charge in [0.15, 0.2) is 30.6 Å². The molecule has 10 atom stereocenters. The lowest BCUT2D eigenvalue weighted by Gasteiger charge is -2.47. The zero-order chi connectivity index (χ0) is 38.1. The summed E-state index contributed by atoms with van der Waals surface area (Å²) in [6, 6.07) is 20.4. The molecule has 3 aliphatic heterocycles. The fraction of sp³-hybridized carbons (Fsp3) is 0.486. The highest BCUT2D eigenvalue weighted by Gasteiger charge is 2.58. The average Bonchev–Trinajstić information content (AvgIpc) is 3.46. The quantitative estimate of drug-likeness (QED) is 0.177. The van der Waals surface area contributed by atoms with Crippen molar-refractivity contribution < 1.29 is 68.5 Å². The molecule has 3 saturated heterocycles. The maximum Gasteiger partial charge on any atom is 0.417 e. The molecule has 12 nitrogen and oxygen atoms in total. The molecule has 53 heavy (non-hydrogen) atoms. The van der Waals surface area contributed by atoms with Crippen molar-refractivity contribution in [1.29, 1.82) is 0 Å². The fourth-order valence-electron chi connectivity index (χ4n) is 6.64. The number of hydrogen-bond donors (Lipinski definition) is 0. The molecule has 0 saturated carbocycles. The van der Waals surface area contributed by atoms with Crippen LogP contribution in [0.2, 0.25) is 0 Å². The van der Waals surface area contributed by atoms with Gasteiger partial charge in [-0.2, -0.15) is 21.6 Å². The summed E-state index contributed by atoms with van der Waals surface area (Å²) in [7, 11) is -3.82. The standard InChI is InChI=1S/C37H41F3O12S/c1-21-27(48-33(41)24-16-10-7-11-17-24)29(45-20-23-14-8-6-9-15-23)32(52-53(42,43)26-19-13-12-18-25(26)37(38,39)40)35(47-21)49-28-22(2)46-34(44-5)31-30(28)50-36(3,4)51-31/h6-19,21-22,27-32,34-35H,20H2,1-5H3/t21-,22-,27-,28-,29+,30+,31+,32+,34+,35-/m0/s1. The molecular formula is C37H41F3O12S. The number of alkyl halides is 3. The van der Waals surface area contributed by atoms with E-state index in [9.17, 15) is 26.4 Å². The summed E-state index contributed by atoms with van der Waals surface area (Å²) in [4.78, 5) is 12.3. The van der Waals surface area contributed by atoms with Crippen LogP contribution in [0.25, 0.3) is 0 Å². The minimum Gasteiger partial charge on any atom is -0.453 e. The number of carbonyl (C=O) groups excluding carboxylic acids is 1. The monoisotopic (exact) mass is 766 g/mol. The van der Waals surface area contributed by atoms with Gasteiger partial charge in [-0.05, 0) is 57.5 Å². The number of halogens is 3. The molecule has 3 aliphatic rings. The number of fused-ring (bicyclic) bond motifs is 1. The van der Waals surface area contributed by atoms with Gasteiger partial charge in [0, 0.05) is 7.11 Å². The van der Waals surface area contributed by atoms with E-state index in [2.05, 4.69) is 0 Å². The number of methoxy groups -OCH3 is 1. The number of esters is 1. The van der Waals surface area contributed by atoms with E-state index in [1.807, 2.05) is 0 Å². The predicted molar refractivity (Wildman–Crippen MR) is 179 cm³/mol. The second-order valence-electron chi connectivity index (χ2n) is 13.3. The van der Waals surface area contributed by atoms with Gasteiger partial charge in [0.1, 0.15) is 29.3 Å². The van der Waals surface area contributed by atoms with Crippen LogP contribution in [0, 0.1) is 0 Å². The van der Waals surface area contributed by atoms with Crippen molar-refractivity contribution in [1.82, 2.24) is 0 Å². The van der Waals surface area contributed by atoms with Crippen molar-refractivity contribution in [2.24, 2.45) is 0 Å². The van der Waals surface area contributed by atoms with Crippen molar-refractivity contribution in [3.8, 4) is 0 Å². The van der Waals surface area contributed by atoms with Crippen LogP contribution in [0.4, 0.5) is 13.2 Å². The van der Waals surface area contributed by atoms with Gasteiger partial charge in [-0.3, -0.25) is 4.18 Å². The minimum atomic E-state index is -5.25. The molecule has 0 radical (unpaired) electrons. The highest BCUT2D eigenvalue weighted by atomic mass is 32.2. The zero-order valence-electron chi connectivity index (χ0n) is 29.5. The van der Waals surface area contributed by atoms with E-state index < -0.39 is 99.9 Å². The molecule has 0 unspecified atom stereocenters. The minimum absolute atomic E-state index is 0.141. The van der Waals surface area contributed by atoms with Crippen LogP contribution in [-0.4, -0.2) is 88.7 Å². The van der Waals surface area contributed by atoms with Crippen LogP contribution < -0.4 is 0 Å². The van der Waals surface area contributed by atoms with Crippen molar-refractivity contribution in [3.63, 3.8) is 0 Å². The van der Waals surface area contributed by atoms with E-state index in [0.29, 0.717) is 11.6 Å². The largest absolute Gasteiger partial charge is 0.453 e. The second kappa shape index (κ2) is 15.7. The van der Waals surface area contributed by atoms with Crippen LogP contribution in [0.15, 0.2) is 89.8 Å². The summed E-state index contributed by atoms with van der Waals surface area (Å²) in [6.07, 6.45) is -16.7. The molecule has 16 heteroatoms. The zero-order valence-corrected chi connectivity index (χ0v) is 30.3. The van der Waals surface area contributed by atoms with Gasteiger partial charge in [0.05, 0.1) is 29.9 Å². The van der Waals surface area contributed by atoms with Gasteiger partial charge in [-0.15, -0.1) is 0 Å². The average molecular weight is 767 g/mol. The fourth-order valence-corrected chi connectivity index (χ4v) is 7.93. The van der Waals surface area contributed by atoms with Crippen LogP contribution in [0.3, 0.4) is 0 Å². The lowest BCUT2D eigenvalue weighted by molar-refractivity contribution is -0.339. The summed E-state index contributed by atoms with van der Waals surface area (Å²) in [5.41, 5.74) is -0.613. The Kier molecular flexibility index (Phi) is 11.6. The number of rotatable bonds is 11. The first-order valence-electron chi connectivity index (χ1n) is 16.9. The molecule has 3 aromatic rings. The number of benzene rings is 3. The third kappa shape index (κ3) is 8.77. The molecule has 3 heterocycles. The molecule has 0 spiro atoms. The molecule has 288 valence electrons. The lowest BCUT2D eigenvalue weighted by atomic mass is 9.97. The lowest BCUT2D eigenvalue weighted by Crippen LogP contribution is -2.64. The van der Waals surface area contributed by atoms with E-state index in [1.165, 1.54) is 19.2 Å². The number of hydrogen-bond acceptors (Lipinski definition) is 12. The van der Waals surface area contributed by atoms with Gasteiger partial charge >= 0.3 is 12.1 Å². The smallest absolute Gasteiger partial charge is 0.417 e. The van der Waals surface area contributed by atoms with Crippen LogP contribution in [0.1, 0.15) is 49.2 Å². The van der Waals surface area contributed by atoms with Gasteiger partial charge in [-0.25, -0.2) is 4.79 Å². The van der Waals surface area contributed by atoms with E-state index in [1.54, 1.807) is 76.2 Å². The summed E-state index contributed by atoms with van der Waals surface area (Å²) in [5, 5.41) is 0. The molecule has 0 N–H and O–H groups in total. The summed E-state index contributed by atoms with van der Waals surface area (Å²) in [5.74, 6) is -1.88. The topological polar surface area (TPSA) is 134 Å². The Bertz CT molecular complexity index is 1810. The van der Waals surface area contributed by atoms with E-state index in [0.717, 1.165) is 18.2 Å². The molecule has 3 aromatic carbocycles. The Labute approximate surface area is 305 Å². The highest BCUT2D eigenvalue weighted by Crippen LogP contribution is 2.42. The van der Waals surface area contributed by atoms with Gasteiger partial charge < -0.3 is 37.9 Å². The van der Waals surface area contributed by atoms with Crippen molar-refractivity contribution in [2.75, 3.05) is 7.11 Å². The Hall–Kier alpha value is -3.45. The van der Waals surface area contributed by atoms with E-state index in [4.69, 9.17) is 42.1 Å². The first-order chi connectivity index (χ1) is 25.1. The summed E-state index contributed by atoms with van der Waals surface area (Å²) in [6.45, 7) is 6.47. The van der Waals surface area contributed by atoms with Gasteiger partial charge in [0.2, 0.25) is 0 Å². The summed E-state index contributed by atoms with van der Waals surface area (Å²) >= 11 is 0. The molecule has 0 bridgehead atoms. The van der Waals surface area contributed by atoms with Gasteiger partial charge in [-0.1, -0.05) is 60.7 Å². The normalized spacial score (nSPS) is 31.5. The molecule has 6 rings (SSSR count). The SMILES string of the molecule is CO[C@@H]1O[C@@H](C)[C@H](O[C@@H]2O[C@@H](C)[C@H](OC(=O)c3ccccc3)[C@@H](OCc3ccccc3)[C@H]2OS(=O)(=O)c2ccccc2C(F)(F)F)[C@H]2OC(C)(C)O[C@@H]12. The first kappa shape index (κ1) is 39.2. The third-order valence-corrected chi connectivity index (χ3v) is 10.4. The van der Waals surface area contributed by atoms with E-state index >= 15 is 0 Å². The van der Waals surface area contributed by atoms with E-state index in [-0.39, 0.29) is 12.2 Å². The first-order valence-corrected chi connectivity index (χ1v) is 18.3. The molecule has 3 fully saturated rings. The second-order valence-corrected chi connectivity index (χ2v) is 14.9. The maximum atomic E-state index is 14.1. The van der Waals surface area contributed by atoms with Gasteiger partial charge in [0.25, 0.3) is 10.1 Å². The Morgan fingerprint density at radius 2 is 1.36 bits per heavy atom.